The molecule has 0 saturated heterocycles. The predicted molar refractivity (Wildman–Crippen MR) is 76.6 cm³/mol. The van der Waals surface area contributed by atoms with Gasteiger partial charge in [-0.1, -0.05) is 0 Å². The van der Waals surface area contributed by atoms with Crippen LogP contribution in [0.3, 0.4) is 0 Å². The molecule has 90 valence electrons. The van der Waals surface area contributed by atoms with Gasteiger partial charge < -0.3 is 10.6 Å². The number of nitrogens with zero attached hydrogens (tertiary/aromatic N) is 1. The molecule has 0 amide bonds. The van der Waals surface area contributed by atoms with Crippen molar-refractivity contribution in [3.63, 3.8) is 0 Å². The number of benzene rings is 1. The molecule has 1 rings (SSSR count). The molecule has 0 aliphatic rings. The Morgan fingerprint density at radius 2 is 2.06 bits per heavy atom. The normalized spacial score (nSPS) is 11.4. The quantitative estimate of drug-likeness (QED) is 0.655. The van der Waals surface area contributed by atoms with Gasteiger partial charge in [0.25, 0.3) is 0 Å². The molecule has 0 radical (unpaired) electrons. The van der Waals surface area contributed by atoms with Gasteiger partial charge in [-0.05, 0) is 40.8 Å². The summed E-state index contributed by atoms with van der Waals surface area (Å²) in [5.41, 5.74) is 7.36. The van der Waals surface area contributed by atoms with Gasteiger partial charge in [0, 0.05) is 29.1 Å². The predicted octanol–water partition coefficient (Wildman–Crippen LogP) is 1.35. The van der Waals surface area contributed by atoms with Gasteiger partial charge in [0.1, 0.15) is 9.84 Å². The van der Waals surface area contributed by atoms with Crippen molar-refractivity contribution in [1.29, 1.82) is 0 Å². The summed E-state index contributed by atoms with van der Waals surface area (Å²) in [6.45, 7) is 0.485. The molecule has 0 aliphatic carbocycles. The summed E-state index contributed by atoms with van der Waals surface area (Å²) in [4.78, 5) is 1.92. The number of rotatable bonds is 4. The van der Waals surface area contributed by atoms with Crippen molar-refractivity contribution in [3.8, 4) is 0 Å². The van der Waals surface area contributed by atoms with Crippen LogP contribution >= 0.6 is 22.6 Å². The molecule has 0 unspecified atom stereocenters. The molecule has 6 heteroatoms. The lowest BCUT2D eigenvalue weighted by Crippen LogP contribution is -2.25. The van der Waals surface area contributed by atoms with E-state index in [1.165, 1.54) is 6.26 Å². The van der Waals surface area contributed by atoms with Crippen LogP contribution in [0.15, 0.2) is 18.2 Å². The smallest absolute Gasteiger partial charge is 0.149 e. The van der Waals surface area contributed by atoms with E-state index in [1.54, 1.807) is 0 Å². The van der Waals surface area contributed by atoms with Crippen LogP contribution in [-0.4, -0.2) is 34.0 Å². The van der Waals surface area contributed by atoms with Crippen molar-refractivity contribution in [2.75, 3.05) is 36.2 Å². The maximum Gasteiger partial charge on any atom is 0.149 e. The molecule has 0 spiro atoms. The highest BCUT2D eigenvalue weighted by atomic mass is 127. The van der Waals surface area contributed by atoms with Gasteiger partial charge in [-0.15, -0.1) is 0 Å². The van der Waals surface area contributed by atoms with E-state index in [4.69, 9.17) is 5.73 Å². The Morgan fingerprint density at radius 1 is 1.44 bits per heavy atom. The van der Waals surface area contributed by atoms with Crippen molar-refractivity contribution in [2.45, 2.75) is 0 Å². The molecule has 2 N–H and O–H groups in total. The van der Waals surface area contributed by atoms with E-state index in [0.717, 1.165) is 9.26 Å². The lowest BCUT2D eigenvalue weighted by atomic mass is 10.2. The molecule has 1 aromatic rings. The van der Waals surface area contributed by atoms with Crippen molar-refractivity contribution in [2.24, 2.45) is 0 Å². The highest BCUT2D eigenvalue weighted by Gasteiger charge is 2.09. The molecule has 0 aromatic heterocycles. The van der Waals surface area contributed by atoms with E-state index < -0.39 is 9.84 Å². The molecule has 1 aromatic carbocycles. The number of nitrogens with two attached hydrogens (primary N) is 1. The number of halogens is 1. The molecular weight excluding hydrogens is 339 g/mol. The van der Waals surface area contributed by atoms with Crippen molar-refractivity contribution < 1.29 is 8.42 Å². The summed E-state index contributed by atoms with van der Waals surface area (Å²) in [5.74, 6) is 0.157. The van der Waals surface area contributed by atoms with Crippen molar-refractivity contribution in [3.05, 3.63) is 21.8 Å². The standard InChI is InChI=1S/C10H15IN2O2S/c1-13(5-6-16(2,14)15)10-4-3-8(12)7-9(10)11/h3-4,7H,5-6,12H2,1-2H3. The third kappa shape index (κ3) is 4.17. The van der Waals surface area contributed by atoms with Gasteiger partial charge >= 0.3 is 0 Å². The monoisotopic (exact) mass is 354 g/mol. The largest absolute Gasteiger partial charge is 0.399 e. The Bertz CT molecular complexity index is 474. The first-order chi connectivity index (χ1) is 7.29. The first-order valence-electron chi connectivity index (χ1n) is 4.73. The van der Waals surface area contributed by atoms with Crippen LogP contribution in [-0.2, 0) is 9.84 Å². The first-order valence-corrected chi connectivity index (χ1v) is 7.87. The average Bonchev–Trinajstić information content (AvgIpc) is 2.13. The number of nitrogen functional groups attached to an aromatic ring is 1. The van der Waals surface area contributed by atoms with Crippen LogP contribution in [0.4, 0.5) is 11.4 Å². The zero-order valence-electron chi connectivity index (χ0n) is 9.27. The first kappa shape index (κ1) is 13.6. The summed E-state index contributed by atoms with van der Waals surface area (Å²) in [7, 11) is -1.04. The molecule has 0 aliphatic heterocycles. The maximum atomic E-state index is 11.1. The fourth-order valence-electron chi connectivity index (χ4n) is 1.26. The molecule has 0 bridgehead atoms. The van der Waals surface area contributed by atoms with Gasteiger partial charge in [-0.3, -0.25) is 0 Å². The average molecular weight is 354 g/mol. The van der Waals surface area contributed by atoms with E-state index in [0.29, 0.717) is 12.2 Å². The molecule has 4 nitrogen and oxygen atoms in total. The van der Waals surface area contributed by atoms with Crippen LogP contribution in [0.2, 0.25) is 0 Å². The Kier molecular flexibility index (Phi) is 4.43. The third-order valence-electron chi connectivity index (χ3n) is 2.18. The molecule has 0 fully saturated rings. The molecular formula is C10H15IN2O2S. The van der Waals surface area contributed by atoms with Gasteiger partial charge in [0.2, 0.25) is 0 Å². The van der Waals surface area contributed by atoms with Crippen LogP contribution in [0.5, 0.6) is 0 Å². The number of hydrogen-bond acceptors (Lipinski definition) is 4. The van der Waals surface area contributed by atoms with Crippen molar-refractivity contribution in [1.82, 2.24) is 0 Å². The second-order valence-electron chi connectivity index (χ2n) is 3.76. The van der Waals surface area contributed by atoms with Gasteiger partial charge in [0.15, 0.2) is 0 Å². The lowest BCUT2D eigenvalue weighted by Gasteiger charge is -2.20. The number of hydrogen-bond donors (Lipinski definition) is 1. The van der Waals surface area contributed by atoms with Gasteiger partial charge in [-0.2, -0.15) is 0 Å². The fraction of sp³-hybridized carbons (Fsp3) is 0.400. The summed E-state index contributed by atoms with van der Waals surface area (Å²) in [5, 5.41) is 0. The van der Waals surface area contributed by atoms with E-state index in [1.807, 2.05) is 30.1 Å². The summed E-state index contributed by atoms with van der Waals surface area (Å²) >= 11 is 2.19. The second kappa shape index (κ2) is 5.22. The minimum absolute atomic E-state index is 0.157. The third-order valence-corrected chi connectivity index (χ3v) is 3.97. The minimum Gasteiger partial charge on any atom is -0.399 e. The van der Waals surface area contributed by atoms with Gasteiger partial charge in [-0.25, -0.2) is 8.42 Å². The van der Waals surface area contributed by atoms with Crippen LogP contribution in [0.25, 0.3) is 0 Å². The zero-order chi connectivity index (χ0) is 12.3. The van der Waals surface area contributed by atoms with E-state index in [9.17, 15) is 8.42 Å². The summed E-state index contributed by atoms with van der Waals surface area (Å²) < 4.78 is 23.1. The highest BCUT2D eigenvalue weighted by molar-refractivity contribution is 14.1. The SMILES string of the molecule is CN(CCS(C)(=O)=O)c1ccc(N)cc1I. The van der Waals surface area contributed by atoms with E-state index >= 15 is 0 Å². The van der Waals surface area contributed by atoms with Crippen LogP contribution < -0.4 is 10.6 Å². The Morgan fingerprint density at radius 3 is 2.56 bits per heavy atom. The zero-order valence-corrected chi connectivity index (χ0v) is 12.2. The highest BCUT2D eigenvalue weighted by Crippen LogP contribution is 2.23. The molecule has 0 atom stereocenters. The van der Waals surface area contributed by atoms with Crippen LogP contribution in [0.1, 0.15) is 0 Å². The van der Waals surface area contributed by atoms with Gasteiger partial charge in [0.05, 0.1) is 11.4 Å². The minimum atomic E-state index is -2.92. The Labute approximate surface area is 110 Å². The van der Waals surface area contributed by atoms with E-state index in [-0.39, 0.29) is 5.75 Å². The molecule has 16 heavy (non-hydrogen) atoms. The fourth-order valence-corrected chi connectivity index (χ4v) is 2.81. The maximum absolute atomic E-state index is 11.1. The lowest BCUT2D eigenvalue weighted by molar-refractivity contribution is 0.601. The van der Waals surface area contributed by atoms with E-state index in [2.05, 4.69) is 22.6 Å². The number of sulfone groups is 1. The molecule has 0 saturated carbocycles. The summed E-state index contributed by atoms with van der Waals surface area (Å²) in [6.07, 6.45) is 1.24. The Hall–Kier alpha value is -0.500. The summed E-state index contributed by atoms with van der Waals surface area (Å²) in [6, 6.07) is 5.58. The Balaban J connectivity index is 2.77. The van der Waals surface area contributed by atoms with Crippen molar-refractivity contribution >= 4 is 43.8 Å². The number of anilines is 2. The molecule has 0 heterocycles. The second-order valence-corrected chi connectivity index (χ2v) is 7.18. The topological polar surface area (TPSA) is 63.4 Å². The van der Waals surface area contributed by atoms with Crippen LogP contribution in [0, 0.1) is 3.57 Å².